The highest BCUT2D eigenvalue weighted by Gasteiger charge is 2.29. The second-order valence-electron chi connectivity index (χ2n) is 3.83. The van der Waals surface area contributed by atoms with Crippen LogP contribution >= 0.6 is 0 Å². The summed E-state index contributed by atoms with van der Waals surface area (Å²) in [5.74, 6) is -3.52. The fourth-order valence-electron chi connectivity index (χ4n) is 1.60. The number of hydrogen-bond donors (Lipinski definition) is 3. The van der Waals surface area contributed by atoms with Crippen LogP contribution in [0, 0.1) is 5.92 Å². The number of aryl methyl sites for hydroxylation is 1. The molecule has 0 aromatic heterocycles. The van der Waals surface area contributed by atoms with Crippen molar-refractivity contribution in [2.45, 2.75) is 18.9 Å². The summed E-state index contributed by atoms with van der Waals surface area (Å²) in [7, 11) is 0. The first-order valence-electron chi connectivity index (χ1n) is 5.27. The van der Waals surface area contributed by atoms with E-state index in [2.05, 4.69) is 0 Å². The Bertz CT molecular complexity index is 391. The maximum Gasteiger partial charge on any atom is 0.321 e. The lowest BCUT2D eigenvalue weighted by Gasteiger charge is -2.16. The number of hydrogen-bond acceptors (Lipinski definition) is 3. The van der Waals surface area contributed by atoms with Gasteiger partial charge in [0.1, 0.15) is 6.04 Å². The Morgan fingerprint density at radius 3 is 2.18 bits per heavy atom. The monoisotopic (exact) mass is 237 g/mol. The fourth-order valence-corrected chi connectivity index (χ4v) is 1.60. The van der Waals surface area contributed by atoms with E-state index in [-0.39, 0.29) is 6.42 Å². The summed E-state index contributed by atoms with van der Waals surface area (Å²) in [6, 6.07) is 7.93. The Morgan fingerprint density at radius 1 is 1.12 bits per heavy atom. The van der Waals surface area contributed by atoms with Crippen molar-refractivity contribution in [3.8, 4) is 0 Å². The van der Waals surface area contributed by atoms with Gasteiger partial charge in [-0.15, -0.1) is 0 Å². The van der Waals surface area contributed by atoms with Crippen LogP contribution in [0.3, 0.4) is 0 Å². The smallest absolute Gasteiger partial charge is 0.321 e. The van der Waals surface area contributed by atoms with E-state index in [0.29, 0.717) is 6.42 Å². The van der Waals surface area contributed by atoms with Gasteiger partial charge in [0.05, 0.1) is 5.92 Å². The second kappa shape index (κ2) is 6.00. The topological polar surface area (TPSA) is 101 Å². The molecule has 17 heavy (non-hydrogen) atoms. The standard InChI is InChI=1S/C12H15NO4/c13-10(12(16)17)9(11(14)15)7-6-8-4-2-1-3-5-8/h1-5,9-10H,6-7,13H2,(H,14,15)(H,16,17)/t9-,10+/m1/s1. The van der Waals surface area contributed by atoms with E-state index in [4.69, 9.17) is 15.9 Å². The Labute approximate surface area is 98.9 Å². The SMILES string of the molecule is N[C@H](C(=O)O)[C@@H](CCc1ccccc1)C(=O)O. The zero-order valence-electron chi connectivity index (χ0n) is 9.24. The van der Waals surface area contributed by atoms with Crippen LogP contribution in [0.1, 0.15) is 12.0 Å². The molecule has 92 valence electrons. The summed E-state index contributed by atoms with van der Waals surface area (Å²) in [5, 5.41) is 17.6. The quantitative estimate of drug-likeness (QED) is 0.677. The maximum atomic E-state index is 10.9. The lowest BCUT2D eigenvalue weighted by molar-refractivity contribution is -0.150. The number of aliphatic carboxylic acids is 2. The lowest BCUT2D eigenvalue weighted by atomic mass is 9.93. The molecule has 1 aromatic rings. The van der Waals surface area contributed by atoms with Gasteiger partial charge >= 0.3 is 11.9 Å². The molecule has 0 aliphatic heterocycles. The Morgan fingerprint density at radius 2 is 1.71 bits per heavy atom. The third-order valence-electron chi connectivity index (χ3n) is 2.62. The largest absolute Gasteiger partial charge is 0.481 e. The van der Waals surface area contributed by atoms with Crippen molar-refractivity contribution in [2.24, 2.45) is 11.7 Å². The van der Waals surface area contributed by atoms with Crippen LogP contribution in [-0.2, 0) is 16.0 Å². The lowest BCUT2D eigenvalue weighted by Crippen LogP contribution is -2.42. The molecular formula is C12H15NO4. The van der Waals surface area contributed by atoms with Crippen LogP contribution in [-0.4, -0.2) is 28.2 Å². The first-order valence-corrected chi connectivity index (χ1v) is 5.27. The number of rotatable bonds is 6. The van der Waals surface area contributed by atoms with E-state index < -0.39 is 23.9 Å². The van der Waals surface area contributed by atoms with Crippen LogP contribution in [0.4, 0.5) is 0 Å². The van der Waals surface area contributed by atoms with E-state index >= 15 is 0 Å². The predicted octanol–water partition coefficient (Wildman–Crippen LogP) is 0.732. The molecule has 0 unspecified atom stereocenters. The summed E-state index contributed by atoms with van der Waals surface area (Å²) < 4.78 is 0. The molecule has 1 aromatic carbocycles. The molecule has 0 amide bonds. The third-order valence-corrected chi connectivity index (χ3v) is 2.62. The second-order valence-corrected chi connectivity index (χ2v) is 3.83. The summed E-state index contributed by atoms with van der Waals surface area (Å²) >= 11 is 0. The van der Waals surface area contributed by atoms with Crippen LogP contribution in [0.25, 0.3) is 0 Å². The minimum Gasteiger partial charge on any atom is -0.481 e. The zero-order chi connectivity index (χ0) is 12.8. The summed E-state index contributed by atoms with van der Waals surface area (Å²) in [6.07, 6.45) is 0.714. The molecule has 5 heteroatoms. The summed E-state index contributed by atoms with van der Waals surface area (Å²) in [6.45, 7) is 0. The highest BCUT2D eigenvalue weighted by molar-refractivity contribution is 5.82. The predicted molar refractivity (Wildman–Crippen MR) is 61.5 cm³/mol. The van der Waals surface area contributed by atoms with Gasteiger partial charge in [-0.05, 0) is 18.4 Å². The molecular weight excluding hydrogens is 222 g/mol. The summed E-state index contributed by atoms with van der Waals surface area (Å²) in [5.41, 5.74) is 6.31. The van der Waals surface area contributed by atoms with Gasteiger partial charge in [-0.25, -0.2) is 0 Å². The molecule has 0 aliphatic carbocycles. The Balaban J connectivity index is 2.63. The van der Waals surface area contributed by atoms with E-state index in [9.17, 15) is 9.59 Å². The van der Waals surface area contributed by atoms with E-state index in [1.165, 1.54) is 0 Å². The van der Waals surface area contributed by atoms with Crippen molar-refractivity contribution in [1.29, 1.82) is 0 Å². The molecule has 2 atom stereocenters. The van der Waals surface area contributed by atoms with Crippen molar-refractivity contribution < 1.29 is 19.8 Å². The molecule has 0 aliphatic rings. The van der Waals surface area contributed by atoms with Crippen LogP contribution < -0.4 is 5.73 Å². The number of carboxylic acid groups (broad SMARTS) is 2. The van der Waals surface area contributed by atoms with Crippen molar-refractivity contribution >= 4 is 11.9 Å². The molecule has 0 heterocycles. The molecule has 4 N–H and O–H groups in total. The van der Waals surface area contributed by atoms with Crippen molar-refractivity contribution in [2.75, 3.05) is 0 Å². The van der Waals surface area contributed by atoms with Crippen molar-refractivity contribution in [3.63, 3.8) is 0 Å². The molecule has 0 spiro atoms. The van der Waals surface area contributed by atoms with Gasteiger partial charge in [0.2, 0.25) is 0 Å². The van der Waals surface area contributed by atoms with Gasteiger partial charge in [0.15, 0.2) is 0 Å². The van der Waals surface area contributed by atoms with E-state index in [0.717, 1.165) is 5.56 Å². The van der Waals surface area contributed by atoms with Gasteiger partial charge in [0, 0.05) is 0 Å². The Hall–Kier alpha value is -1.88. The van der Waals surface area contributed by atoms with Gasteiger partial charge in [-0.3, -0.25) is 9.59 Å². The van der Waals surface area contributed by atoms with Gasteiger partial charge in [-0.2, -0.15) is 0 Å². The number of nitrogens with two attached hydrogens (primary N) is 1. The minimum absolute atomic E-state index is 0.215. The van der Waals surface area contributed by atoms with Crippen molar-refractivity contribution in [1.82, 2.24) is 0 Å². The number of carbonyl (C=O) groups is 2. The highest BCUT2D eigenvalue weighted by Crippen LogP contribution is 2.13. The van der Waals surface area contributed by atoms with Crippen LogP contribution in [0.5, 0.6) is 0 Å². The van der Waals surface area contributed by atoms with E-state index in [1.807, 2.05) is 30.3 Å². The molecule has 0 saturated heterocycles. The third kappa shape index (κ3) is 3.88. The molecule has 5 nitrogen and oxygen atoms in total. The zero-order valence-corrected chi connectivity index (χ0v) is 9.24. The van der Waals surface area contributed by atoms with Gasteiger partial charge in [-0.1, -0.05) is 30.3 Å². The van der Waals surface area contributed by atoms with Gasteiger partial charge < -0.3 is 15.9 Å². The number of carboxylic acids is 2. The molecule has 0 radical (unpaired) electrons. The molecule has 0 saturated carbocycles. The average Bonchev–Trinajstić information content (AvgIpc) is 2.29. The Kier molecular flexibility index (Phi) is 4.66. The van der Waals surface area contributed by atoms with Crippen molar-refractivity contribution in [3.05, 3.63) is 35.9 Å². The fraction of sp³-hybridized carbons (Fsp3) is 0.333. The van der Waals surface area contributed by atoms with Crippen LogP contribution in [0.15, 0.2) is 30.3 Å². The molecule has 0 bridgehead atoms. The molecule has 1 rings (SSSR count). The maximum absolute atomic E-state index is 10.9. The number of benzene rings is 1. The highest BCUT2D eigenvalue weighted by atomic mass is 16.4. The normalized spacial score (nSPS) is 13.9. The molecule has 0 fully saturated rings. The summed E-state index contributed by atoms with van der Waals surface area (Å²) in [4.78, 5) is 21.6. The van der Waals surface area contributed by atoms with Crippen LogP contribution in [0.2, 0.25) is 0 Å². The first kappa shape index (κ1) is 13.2. The van der Waals surface area contributed by atoms with Gasteiger partial charge in [0.25, 0.3) is 0 Å². The first-order chi connectivity index (χ1) is 8.02. The van der Waals surface area contributed by atoms with E-state index in [1.54, 1.807) is 0 Å². The average molecular weight is 237 g/mol. The minimum atomic E-state index is -1.36.